The fraction of sp³-hybridized carbons (Fsp3) is 0.375. The van der Waals surface area contributed by atoms with E-state index in [1.54, 1.807) is 0 Å². The number of halogens is 5. The summed E-state index contributed by atoms with van der Waals surface area (Å²) in [4.78, 5) is 2.80. The molecule has 1 aromatic heterocycles. The number of pyridine rings is 1. The van der Waals surface area contributed by atoms with E-state index in [1.165, 1.54) is 0 Å². The number of rotatable bonds is 2. The van der Waals surface area contributed by atoms with Crippen molar-refractivity contribution in [3.8, 4) is 5.75 Å². The number of hydrogen-bond acceptors (Lipinski definition) is 3. The van der Waals surface area contributed by atoms with Crippen LogP contribution in [0.2, 0.25) is 0 Å². The fourth-order valence-electron chi connectivity index (χ4n) is 1.20. The van der Waals surface area contributed by atoms with Gasteiger partial charge in [-0.1, -0.05) is 0 Å². The number of hydrogen-bond donors (Lipinski definition) is 2. The molecule has 0 saturated carbocycles. The first-order valence-corrected chi connectivity index (χ1v) is 3.96. The lowest BCUT2D eigenvalue weighted by Crippen LogP contribution is -2.14. The summed E-state index contributed by atoms with van der Waals surface area (Å²) in [7, 11) is 0. The Hall–Kier alpha value is -1.44. The van der Waals surface area contributed by atoms with Gasteiger partial charge >= 0.3 is 6.18 Å². The maximum atomic E-state index is 12.4. The molecule has 8 heteroatoms. The lowest BCUT2D eigenvalue weighted by atomic mass is 10.1. The molecule has 16 heavy (non-hydrogen) atoms. The molecular weight excluding hydrogens is 237 g/mol. The van der Waals surface area contributed by atoms with Crippen LogP contribution in [-0.4, -0.2) is 15.2 Å². The highest BCUT2D eigenvalue weighted by Gasteiger charge is 2.38. The van der Waals surface area contributed by atoms with Crippen molar-refractivity contribution >= 4 is 0 Å². The van der Waals surface area contributed by atoms with Gasteiger partial charge < -0.3 is 10.2 Å². The van der Waals surface area contributed by atoms with Crippen molar-refractivity contribution in [3.05, 3.63) is 23.0 Å². The van der Waals surface area contributed by atoms with Crippen LogP contribution in [0.4, 0.5) is 22.0 Å². The number of alkyl halides is 5. The largest absolute Gasteiger partial charge is 0.506 e. The van der Waals surface area contributed by atoms with Gasteiger partial charge in [0.05, 0.1) is 18.4 Å². The minimum absolute atomic E-state index is 0.281. The molecule has 0 saturated heterocycles. The second-order valence-electron chi connectivity index (χ2n) is 2.84. The number of aromatic nitrogens is 1. The van der Waals surface area contributed by atoms with Gasteiger partial charge in [0.25, 0.3) is 6.43 Å². The summed E-state index contributed by atoms with van der Waals surface area (Å²) >= 11 is 0. The summed E-state index contributed by atoms with van der Waals surface area (Å²) in [5.74, 6) is -1.08. The van der Waals surface area contributed by atoms with Gasteiger partial charge in [-0.25, -0.2) is 13.8 Å². The normalized spacial score (nSPS) is 12.2. The Kier molecular flexibility index (Phi) is 3.32. The number of aromatic hydroxyl groups is 1. The highest BCUT2D eigenvalue weighted by atomic mass is 19.4. The Morgan fingerprint density at radius 1 is 1.31 bits per heavy atom. The molecule has 0 aromatic carbocycles. The van der Waals surface area contributed by atoms with E-state index in [-0.39, 0.29) is 6.20 Å². The van der Waals surface area contributed by atoms with Gasteiger partial charge in [0.2, 0.25) is 0 Å². The molecule has 0 unspecified atom stereocenters. The van der Waals surface area contributed by atoms with Gasteiger partial charge in [-0.2, -0.15) is 13.2 Å². The highest BCUT2D eigenvalue weighted by molar-refractivity contribution is 5.41. The van der Waals surface area contributed by atoms with Gasteiger partial charge in [0.15, 0.2) is 5.69 Å². The summed E-state index contributed by atoms with van der Waals surface area (Å²) < 4.78 is 61.7. The average molecular weight is 243 g/mol. The van der Waals surface area contributed by atoms with Crippen molar-refractivity contribution < 1.29 is 32.2 Å². The van der Waals surface area contributed by atoms with E-state index < -0.39 is 41.8 Å². The van der Waals surface area contributed by atoms with Gasteiger partial charge in [-0.15, -0.1) is 0 Å². The molecule has 2 N–H and O–H groups in total. The molecule has 0 radical (unpaired) electrons. The quantitative estimate of drug-likeness (QED) is 0.783. The maximum absolute atomic E-state index is 12.4. The molecule has 1 rings (SSSR count). The van der Waals surface area contributed by atoms with Crippen LogP contribution in [0.1, 0.15) is 23.2 Å². The Morgan fingerprint density at radius 2 is 1.88 bits per heavy atom. The van der Waals surface area contributed by atoms with E-state index in [0.29, 0.717) is 0 Å². The van der Waals surface area contributed by atoms with Crippen LogP contribution < -0.4 is 0 Å². The molecule has 0 spiro atoms. The third kappa shape index (κ3) is 2.21. The first-order chi connectivity index (χ1) is 7.29. The molecule has 3 nitrogen and oxygen atoms in total. The minimum atomic E-state index is -4.96. The number of aliphatic hydroxyl groups is 1. The Labute approximate surface area is 86.2 Å². The molecule has 0 aliphatic carbocycles. The van der Waals surface area contributed by atoms with E-state index in [4.69, 9.17) is 10.2 Å². The first kappa shape index (κ1) is 12.6. The SMILES string of the molecule is OCc1c(C(F)(F)F)ncc(O)c1C(F)F. The van der Waals surface area contributed by atoms with Gasteiger partial charge in [0, 0.05) is 5.56 Å². The lowest BCUT2D eigenvalue weighted by molar-refractivity contribution is -0.142. The van der Waals surface area contributed by atoms with Crippen molar-refractivity contribution in [1.82, 2.24) is 4.98 Å². The molecule has 0 aliphatic rings. The number of aliphatic hydroxyl groups excluding tert-OH is 1. The third-order valence-electron chi connectivity index (χ3n) is 1.85. The lowest BCUT2D eigenvalue weighted by Gasteiger charge is -2.14. The molecule has 1 heterocycles. The number of nitrogens with zero attached hydrogens (tertiary/aromatic N) is 1. The van der Waals surface area contributed by atoms with Crippen molar-refractivity contribution in [3.63, 3.8) is 0 Å². The van der Waals surface area contributed by atoms with Crippen LogP contribution >= 0.6 is 0 Å². The molecule has 0 atom stereocenters. The molecule has 1 aromatic rings. The van der Waals surface area contributed by atoms with E-state index in [1.807, 2.05) is 0 Å². The third-order valence-corrected chi connectivity index (χ3v) is 1.85. The van der Waals surface area contributed by atoms with Crippen LogP contribution in [0.5, 0.6) is 5.75 Å². The second kappa shape index (κ2) is 4.20. The zero-order valence-electron chi connectivity index (χ0n) is 7.59. The van der Waals surface area contributed by atoms with Crippen LogP contribution in [0, 0.1) is 0 Å². The molecule has 0 aliphatic heterocycles. The van der Waals surface area contributed by atoms with Crippen LogP contribution in [-0.2, 0) is 12.8 Å². The monoisotopic (exact) mass is 243 g/mol. The van der Waals surface area contributed by atoms with Gasteiger partial charge in [-0.05, 0) is 0 Å². The summed E-state index contributed by atoms with van der Waals surface area (Å²) in [6.45, 7) is -1.28. The Morgan fingerprint density at radius 3 is 2.25 bits per heavy atom. The van der Waals surface area contributed by atoms with Crippen molar-refractivity contribution in [2.24, 2.45) is 0 Å². The van der Waals surface area contributed by atoms with E-state index >= 15 is 0 Å². The summed E-state index contributed by atoms with van der Waals surface area (Å²) in [6, 6.07) is 0. The van der Waals surface area contributed by atoms with E-state index in [0.717, 1.165) is 0 Å². The Balaban J connectivity index is 3.49. The maximum Gasteiger partial charge on any atom is 0.433 e. The second-order valence-corrected chi connectivity index (χ2v) is 2.84. The van der Waals surface area contributed by atoms with Crippen LogP contribution in [0.15, 0.2) is 6.20 Å². The Bertz CT molecular complexity index is 391. The standard InChI is InChI=1S/C8H6F5NO2/c9-7(10)5-3(2-15)6(8(11,12)13)14-1-4(5)16/h1,7,15-16H,2H2. The smallest absolute Gasteiger partial charge is 0.433 e. The predicted octanol–water partition coefficient (Wildman–Crippen LogP) is 2.24. The fourth-order valence-corrected chi connectivity index (χ4v) is 1.20. The summed E-state index contributed by atoms with van der Waals surface area (Å²) in [5.41, 5.74) is -3.98. The summed E-state index contributed by atoms with van der Waals surface area (Å²) in [6.07, 6.45) is -8.01. The van der Waals surface area contributed by atoms with Crippen molar-refractivity contribution in [2.75, 3.05) is 0 Å². The van der Waals surface area contributed by atoms with Crippen LogP contribution in [0.25, 0.3) is 0 Å². The van der Waals surface area contributed by atoms with E-state index in [2.05, 4.69) is 4.98 Å². The topological polar surface area (TPSA) is 53.4 Å². The zero-order valence-corrected chi connectivity index (χ0v) is 7.59. The average Bonchev–Trinajstić information content (AvgIpc) is 2.14. The minimum Gasteiger partial charge on any atom is -0.506 e. The van der Waals surface area contributed by atoms with Crippen molar-refractivity contribution in [1.29, 1.82) is 0 Å². The summed E-state index contributed by atoms with van der Waals surface area (Å²) in [5, 5.41) is 17.6. The molecule has 0 bridgehead atoms. The first-order valence-electron chi connectivity index (χ1n) is 3.96. The molecular formula is C8H6F5NO2. The van der Waals surface area contributed by atoms with Crippen LogP contribution in [0.3, 0.4) is 0 Å². The predicted molar refractivity (Wildman–Crippen MR) is 41.8 cm³/mol. The molecule has 90 valence electrons. The molecule has 0 amide bonds. The zero-order chi connectivity index (χ0) is 12.5. The highest BCUT2D eigenvalue weighted by Crippen LogP contribution is 2.38. The van der Waals surface area contributed by atoms with Crippen molar-refractivity contribution in [2.45, 2.75) is 19.2 Å². The van der Waals surface area contributed by atoms with E-state index in [9.17, 15) is 22.0 Å². The van der Waals surface area contributed by atoms with Gasteiger partial charge in [-0.3, -0.25) is 0 Å². The molecule has 0 fully saturated rings. The van der Waals surface area contributed by atoms with Gasteiger partial charge in [0.1, 0.15) is 5.75 Å².